The lowest BCUT2D eigenvalue weighted by Crippen LogP contribution is -2.47. The standard InChI is InChI=1S/C17H22N4/c1-20-17(11-16(19)14-5-3-2-4-6-14)21-15-9-7-13(12-18)8-10-15/h2-11,17,20-21H,12,18-19H2,1H3/p+1. The number of nitrogens with one attached hydrogen (secondary N) is 2. The predicted molar refractivity (Wildman–Crippen MR) is 88.1 cm³/mol. The van der Waals surface area contributed by atoms with E-state index >= 15 is 0 Å². The largest absolute Gasteiger partial charge is 0.398 e. The first-order valence-electron chi connectivity index (χ1n) is 7.07. The van der Waals surface area contributed by atoms with Gasteiger partial charge in [-0.2, -0.15) is 0 Å². The molecule has 4 nitrogen and oxygen atoms in total. The van der Waals surface area contributed by atoms with E-state index in [4.69, 9.17) is 5.73 Å². The summed E-state index contributed by atoms with van der Waals surface area (Å²) in [6, 6.07) is 18.2. The molecule has 0 saturated carbocycles. The highest BCUT2D eigenvalue weighted by molar-refractivity contribution is 5.63. The highest BCUT2D eigenvalue weighted by Gasteiger charge is 2.04. The maximum Gasteiger partial charge on any atom is 0.0997 e. The summed E-state index contributed by atoms with van der Waals surface area (Å²) in [7, 11) is 1.90. The van der Waals surface area contributed by atoms with Crippen molar-refractivity contribution in [1.29, 1.82) is 0 Å². The molecule has 7 N–H and O–H groups in total. The minimum Gasteiger partial charge on any atom is -0.398 e. The second kappa shape index (κ2) is 7.47. The van der Waals surface area contributed by atoms with Crippen LogP contribution in [0.2, 0.25) is 0 Å². The van der Waals surface area contributed by atoms with Gasteiger partial charge < -0.3 is 16.8 Å². The molecule has 0 heterocycles. The summed E-state index contributed by atoms with van der Waals surface area (Å²) in [5, 5.41) is 6.59. The van der Waals surface area contributed by atoms with Crippen LogP contribution in [0.15, 0.2) is 60.7 Å². The molecule has 0 aliphatic rings. The zero-order valence-electron chi connectivity index (χ0n) is 12.3. The number of likely N-dealkylation sites (N-methyl/N-ethyl adjacent to an activating group) is 1. The summed E-state index contributed by atoms with van der Waals surface area (Å²) in [6.07, 6.45) is 1.95. The molecule has 4 heteroatoms. The second-order valence-electron chi connectivity index (χ2n) is 4.85. The van der Waals surface area contributed by atoms with Gasteiger partial charge in [0, 0.05) is 16.9 Å². The fraction of sp³-hybridized carbons (Fsp3) is 0.176. The Bertz CT molecular complexity index is 575. The minimum absolute atomic E-state index is 0.0317. The molecule has 0 fully saturated rings. The molecule has 0 aliphatic carbocycles. The monoisotopic (exact) mass is 283 g/mol. The lowest BCUT2D eigenvalue weighted by molar-refractivity contribution is -0.386. The van der Waals surface area contributed by atoms with Crippen molar-refractivity contribution < 1.29 is 5.73 Å². The van der Waals surface area contributed by atoms with Crippen molar-refractivity contribution in [2.24, 2.45) is 5.73 Å². The molecule has 0 aromatic heterocycles. The molecule has 0 amide bonds. The Morgan fingerprint density at radius 1 is 1.14 bits per heavy atom. The quantitative estimate of drug-likeness (QED) is 0.605. The molecule has 1 unspecified atom stereocenters. The number of quaternary nitrogens is 1. The van der Waals surface area contributed by atoms with Gasteiger partial charge in [0.15, 0.2) is 0 Å². The minimum atomic E-state index is -0.0317. The highest BCUT2D eigenvalue weighted by Crippen LogP contribution is 2.12. The Balaban J connectivity index is 2.08. The molecule has 0 saturated heterocycles. The number of anilines is 1. The number of nitrogens with two attached hydrogens (primary N) is 1. The van der Waals surface area contributed by atoms with E-state index in [1.165, 1.54) is 5.56 Å². The van der Waals surface area contributed by atoms with E-state index in [1.807, 2.05) is 43.5 Å². The third kappa shape index (κ3) is 4.34. The van der Waals surface area contributed by atoms with Gasteiger partial charge >= 0.3 is 0 Å². The number of hydrogen-bond acceptors (Lipinski definition) is 3. The van der Waals surface area contributed by atoms with E-state index in [-0.39, 0.29) is 6.17 Å². The van der Waals surface area contributed by atoms with Gasteiger partial charge in [-0.15, -0.1) is 0 Å². The first-order chi connectivity index (χ1) is 10.2. The van der Waals surface area contributed by atoms with Crippen LogP contribution < -0.4 is 22.1 Å². The molecule has 0 radical (unpaired) electrons. The Morgan fingerprint density at radius 2 is 1.81 bits per heavy atom. The van der Waals surface area contributed by atoms with E-state index < -0.39 is 0 Å². The van der Waals surface area contributed by atoms with Gasteiger partial charge in [-0.3, -0.25) is 5.32 Å². The maximum atomic E-state index is 6.14. The van der Waals surface area contributed by atoms with Gasteiger partial charge in [-0.1, -0.05) is 42.5 Å². The van der Waals surface area contributed by atoms with E-state index in [0.29, 0.717) is 0 Å². The number of rotatable bonds is 6. The average Bonchev–Trinajstić information content (AvgIpc) is 2.55. The first-order valence-corrected chi connectivity index (χ1v) is 7.07. The summed E-state index contributed by atoms with van der Waals surface area (Å²) >= 11 is 0. The van der Waals surface area contributed by atoms with Crippen LogP contribution in [0.3, 0.4) is 0 Å². The summed E-state index contributed by atoms with van der Waals surface area (Å²) in [5.41, 5.74) is 14.1. The van der Waals surface area contributed by atoms with Gasteiger partial charge in [0.25, 0.3) is 0 Å². The third-order valence-electron chi connectivity index (χ3n) is 3.33. The van der Waals surface area contributed by atoms with Crippen LogP contribution in [0.5, 0.6) is 0 Å². The zero-order valence-corrected chi connectivity index (χ0v) is 12.3. The maximum absolute atomic E-state index is 6.14. The third-order valence-corrected chi connectivity index (χ3v) is 3.33. The van der Waals surface area contributed by atoms with Crippen LogP contribution in [0.1, 0.15) is 11.1 Å². The number of hydrogen-bond donors (Lipinski definition) is 4. The van der Waals surface area contributed by atoms with E-state index in [9.17, 15) is 0 Å². The predicted octanol–water partition coefficient (Wildman–Crippen LogP) is 1.39. The Kier molecular flexibility index (Phi) is 5.37. The molecule has 2 aromatic rings. The van der Waals surface area contributed by atoms with Gasteiger partial charge in [0.05, 0.1) is 12.7 Å². The van der Waals surface area contributed by atoms with Crippen molar-refractivity contribution in [1.82, 2.24) is 5.32 Å². The van der Waals surface area contributed by atoms with Gasteiger partial charge in [0.1, 0.15) is 0 Å². The summed E-state index contributed by atoms with van der Waals surface area (Å²) < 4.78 is 0. The molecule has 0 aliphatic heterocycles. The summed E-state index contributed by atoms with van der Waals surface area (Å²) in [5.74, 6) is 0. The molecular weight excluding hydrogens is 260 g/mol. The topological polar surface area (TPSA) is 77.7 Å². The Hall–Kier alpha value is -2.30. The van der Waals surface area contributed by atoms with Gasteiger partial charge in [-0.05, 0) is 30.8 Å². The molecule has 21 heavy (non-hydrogen) atoms. The van der Waals surface area contributed by atoms with Crippen LogP contribution in [0.4, 0.5) is 5.69 Å². The molecule has 110 valence electrons. The second-order valence-corrected chi connectivity index (χ2v) is 4.85. The average molecular weight is 283 g/mol. The molecule has 0 bridgehead atoms. The lowest BCUT2D eigenvalue weighted by atomic mass is 10.1. The van der Waals surface area contributed by atoms with Gasteiger partial charge in [0.2, 0.25) is 0 Å². The van der Waals surface area contributed by atoms with Crippen molar-refractivity contribution in [3.63, 3.8) is 0 Å². The van der Waals surface area contributed by atoms with Crippen LogP contribution >= 0.6 is 0 Å². The molecule has 1 atom stereocenters. The van der Waals surface area contributed by atoms with Crippen molar-refractivity contribution in [3.05, 3.63) is 71.8 Å². The van der Waals surface area contributed by atoms with Crippen LogP contribution in [-0.2, 0) is 6.54 Å². The zero-order chi connectivity index (χ0) is 15.1. The van der Waals surface area contributed by atoms with Crippen LogP contribution in [-0.4, -0.2) is 13.2 Å². The van der Waals surface area contributed by atoms with E-state index in [1.54, 1.807) is 0 Å². The van der Waals surface area contributed by atoms with E-state index in [2.05, 4.69) is 40.6 Å². The first kappa shape index (κ1) is 15.1. The Labute approximate surface area is 125 Å². The fourth-order valence-electron chi connectivity index (χ4n) is 2.05. The highest BCUT2D eigenvalue weighted by atomic mass is 15.1. The van der Waals surface area contributed by atoms with Gasteiger partial charge in [-0.25, -0.2) is 0 Å². The summed E-state index contributed by atoms with van der Waals surface area (Å²) in [6.45, 7) is 0.802. The Morgan fingerprint density at radius 3 is 2.38 bits per heavy atom. The van der Waals surface area contributed by atoms with Crippen LogP contribution in [0.25, 0.3) is 5.70 Å². The van der Waals surface area contributed by atoms with Crippen molar-refractivity contribution in [2.45, 2.75) is 12.7 Å². The van der Waals surface area contributed by atoms with E-state index in [0.717, 1.165) is 23.5 Å². The van der Waals surface area contributed by atoms with Crippen molar-refractivity contribution >= 4 is 11.4 Å². The SMILES string of the molecule is CNC(C=C(N)c1ccccc1)Nc1ccc(C[NH3+])cc1. The normalized spacial score (nSPS) is 13.0. The molecule has 2 aromatic carbocycles. The molecular formula is C17H23N4+. The van der Waals surface area contributed by atoms with Crippen LogP contribution in [0, 0.1) is 0 Å². The van der Waals surface area contributed by atoms with Crippen molar-refractivity contribution in [3.8, 4) is 0 Å². The molecule has 2 rings (SSSR count). The smallest absolute Gasteiger partial charge is 0.0997 e. The molecule has 0 spiro atoms. The van der Waals surface area contributed by atoms with Crippen molar-refractivity contribution in [2.75, 3.05) is 12.4 Å². The number of benzene rings is 2. The summed E-state index contributed by atoms with van der Waals surface area (Å²) in [4.78, 5) is 0. The lowest BCUT2D eigenvalue weighted by Gasteiger charge is -2.17. The fourth-order valence-corrected chi connectivity index (χ4v) is 2.05.